The molecule has 9 aliphatic rings. The van der Waals surface area contributed by atoms with Crippen molar-refractivity contribution in [1.29, 1.82) is 0 Å². The van der Waals surface area contributed by atoms with Gasteiger partial charge in [-0.1, -0.05) is 31.2 Å². The standard InChI is InChI=1S/C21H24F3N3O2.C11H15ClO.C9H9F3O.C3H8N2.ClH/c1-27-17(28)20(26-18(27)25,15-2-4-16(5-3-15)29-21(22,23)24)19-9-12-6-13(10-19)8-14(7-12)11-19;12-10(13)11-4-7-1-8(5-11)3-9(2-7)6-11;1-2-7-3-5-8(6-4-7)13-9(10,11)12;1-3(4)5-2;/h2-5,12-14H,6-11H2,1H3,(H2,25,26);7-9H,1-6H2;3-6H,2H2,1H3;1-2H3,(H2,4,5);1H. The number of carbonyl (C=O) groups excluding carboxylic acids is 2. The highest BCUT2D eigenvalue weighted by atomic mass is 35.5. The molecule has 0 radical (unpaired) electrons. The van der Waals surface area contributed by atoms with Crippen LogP contribution in [0.4, 0.5) is 26.3 Å². The van der Waals surface area contributed by atoms with Crippen molar-refractivity contribution in [2.75, 3.05) is 14.1 Å². The van der Waals surface area contributed by atoms with E-state index >= 15 is 0 Å². The smallest absolute Gasteiger partial charge is 0.406 e. The lowest BCUT2D eigenvalue weighted by Gasteiger charge is -2.61. The number of hydrogen-bond acceptors (Lipinski definition) is 7. The molecule has 8 saturated carbocycles. The van der Waals surface area contributed by atoms with Crippen molar-refractivity contribution in [3.8, 4) is 11.5 Å². The van der Waals surface area contributed by atoms with Gasteiger partial charge < -0.3 is 20.9 Å². The van der Waals surface area contributed by atoms with Gasteiger partial charge in [0, 0.05) is 24.9 Å². The van der Waals surface area contributed by atoms with Gasteiger partial charge in [0.1, 0.15) is 11.5 Å². The van der Waals surface area contributed by atoms with Crippen molar-refractivity contribution in [3.63, 3.8) is 0 Å². The van der Waals surface area contributed by atoms with Crippen LogP contribution in [0.25, 0.3) is 0 Å². The van der Waals surface area contributed by atoms with Gasteiger partial charge in [-0.2, -0.15) is 0 Å². The number of aliphatic imine (C=N–C) groups is 2. The molecular weight excluding hydrogens is 847 g/mol. The molecule has 338 valence electrons. The number of carbonyl (C=O) groups is 2. The minimum Gasteiger partial charge on any atom is -0.406 e. The number of aryl methyl sites for hydroxylation is 1. The fraction of sp³-hybridized carbons (Fsp3) is 0.636. The van der Waals surface area contributed by atoms with Crippen LogP contribution in [0.1, 0.15) is 102 Å². The highest BCUT2D eigenvalue weighted by Gasteiger charge is 2.67. The molecule has 0 aromatic heterocycles. The summed E-state index contributed by atoms with van der Waals surface area (Å²) in [5.74, 6) is 4.37. The summed E-state index contributed by atoms with van der Waals surface area (Å²) >= 11 is 5.76. The van der Waals surface area contributed by atoms with Crippen molar-refractivity contribution in [2.45, 2.75) is 116 Å². The third kappa shape index (κ3) is 10.7. The number of rotatable bonds is 6. The SMILES string of the molecule is CCc1ccc(OC(F)(F)F)cc1.CN1C(=O)C(c2ccc(OC(F)(F)F)cc2)(C23CC4CC(CC(C4)C2)C3)N=C1N.CN=C(C)N.Cl.O=C(Cl)C12CC3CC(CC(C3)C1)C2. The van der Waals surface area contributed by atoms with E-state index in [4.69, 9.17) is 28.1 Å². The van der Waals surface area contributed by atoms with Gasteiger partial charge in [-0.05, 0) is 173 Å². The summed E-state index contributed by atoms with van der Waals surface area (Å²) in [4.78, 5) is 34.8. The van der Waals surface area contributed by atoms with Crippen LogP contribution in [0.5, 0.6) is 11.5 Å². The van der Waals surface area contributed by atoms with Crippen molar-refractivity contribution in [1.82, 2.24) is 4.90 Å². The Morgan fingerprint density at radius 3 is 1.44 bits per heavy atom. The van der Waals surface area contributed by atoms with E-state index < -0.39 is 18.3 Å². The first kappa shape index (κ1) is 48.3. The number of benzene rings is 2. The largest absolute Gasteiger partial charge is 0.573 e. The first-order chi connectivity index (χ1) is 28.1. The summed E-state index contributed by atoms with van der Waals surface area (Å²) in [7, 11) is 3.28. The van der Waals surface area contributed by atoms with E-state index in [1.165, 1.54) is 67.7 Å². The number of likely N-dealkylation sites (N-methyl/N-ethyl adjacent to an activating group) is 1. The average molecular weight is 905 g/mol. The van der Waals surface area contributed by atoms with Crippen LogP contribution < -0.4 is 20.9 Å². The van der Waals surface area contributed by atoms with Crippen molar-refractivity contribution in [2.24, 2.45) is 67.8 Å². The Labute approximate surface area is 364 Å². The topological polar surface area (TPSA) is 133 Å². The molecule has 2 aromatic carbocycles. The summed E-state index contributed by atoms with van der Waals surface area (Å²) in [6, 6.07) is 11.5. The van der Waals surface area contributed by atoms with Crippen LogP contribution in [0.15, 0.2) is 58.5 Å². The molecule has 1 aliphatic heterocycles. The monoisotopic (exact) mass is 903 g/mol. The minimum atomic E-state index is -4.76. The molecule has 8 bridgehead atoms. The summed E-state index contributed by atoms with van der Waals surface area (Å²) in [5, 5.41) is -0.0356. The van der Waals surface area contributed by atoms with Gasteiger partial charge in [-0.25, -0.2) is 4.99 Å². The van der Waals surface area contributed by atoms with Crippen molar-refractivity contribution in [3.05, 3.63) is 59.7 Å². The zero-order valence-electron chi connectivity index (χ0n) is 35.0. The van der Waals surface area contributed by atoms with Gasteiger partial charge in [-0.3, -0.25) is 19.5 Å². The van der Waals surface area contributed by atoms with Crippen LogP contribution >= 0.6 is 24.0 Å². The lowest BCUT2D eigenvalue weighted by molar-refractivity contribution is -0.275. The van der Waals surface area contributed by atoms with Gasteiger partial charge in [0.15, 0.2) is 11.5 Å². The highest BCUT2D eigenvalue weighted by Crippen LogP contribution is 2.68. The Morgan fingerprint density at radius 1 is 0.787 bits per heavy atom. The second-order valence-corrected chi connectivity index (χ2v) is 18.5. The van der Waals surface area contributed by atoms with Crippen LogP contribution in [-0.4, -0.2) is 54.7 Å². The average Bonchev–Trinajstić information content (AvgIpc) is 3.39. The number of alkyl halides is 6. The lowest BCUT2D eigenvalue weighted by atomic mass is 9.43. The summed E-state index contributed by atoms with van der Waals surface area (Å²) in [6.45, 7) is 3.68. The number of hydrogen-bond donors (Lipinski definition) is 2. The minimum absolute atomic E-state index is 0. The lowest BCUT2D eigenvalue weighted by Crippen LogP contribution is -2.59. The third-order valence-corrected chi connectivity index (χ3v) is 14.3. The highest BCUT2D eigenvalue weighted by molar-refractivity contribution is 6.64. The maximum Gasteiger partial charge on any atom is 0.573 e. The fourth-order valence-corrected chi connectivity index (χ4v) is 12.4. The maximum absolute atomic E-state index is 13.6. The molecule has 0 spiro atoms. The fourth-order valence-electron chi connectivity index (χ4n) is 12.2. The molecule has 9 nitrogen and oxygen atoms in total. The number of halogens is 8. The molecule has 8 fully saturated rings. The quantitative estimate of drug-likeness (QED) is 0.128. The summed E-state index contributed by atoms with van der Waals surface area (Å²) in [6.07, 6.45) is 5.22. The molecule has 61 heavy (non-hydrogen) atoms. The molecule has 17 heteroatoms. The molecule has 1 amide bonds. The normalized spacial score (nSPS) is 32.9. The van der Waals surface area contributed by atoms with Crippen LogP contribution in [0, 0.1) is 46.3 Å². The third-order valence-electron chi connectivity index (χ3n) is 13.9. The molecule has 1 atom stereocenters. The Bertz CT molecular complexity index is 1850. The number of amides is 1. The van der Waals surface area contributed by atoms with Crippen LogP contribution in [0.2, 0.25) is 0 Å². The van der Waals surface area contributed by atoms with Gasteiger partial charge in [0.05, 0.1) is 5.84 Å². The molecule has 0 saturated heterocycles. The van der Waals surface area contributed by atoms with E-state index in [0.717, 1.165) is 68.3 Å². The second-order valence-electron chi connectivity index (χ2n) is 18.2. The Kier molecular flexibility index (Phi) is 14.7. The molecule has 8 aliphatic carbocycles. The Morgan fingerprint density at radius 2 is 1.15 bits per heavy atom. The van der Waals surface area contributed by atoms with Gasteiger partial charge >= 0.3 is 12.7 Å². The summed E-state index contributed by atoms with van der Waals surface area (Å²) in [5.41, 5.74) is 11.1. The number of ether oxygens (including phenoxy) is 2. The van der Waals surface area contributed by atoms with Crippen LogP contribution in [-0.2, 0) is 21.5 Å². The number of amidine groups is 1. The zero-order valence-corrected chi connectivity index (χ0v) is 36.5. The second kappa shape index (κ2) is 18.6. The zero-order chi connectivity index (χ0) is 43.8. The molecule has 2 aromatic rings. The summed E-state index contributed by atoms with van der Waals surface area (Å²) < 4.78 is 80.5. The van der Waals surface area contributed by atoms with E-state index in [-0.39, 0.29) is 51.8 Å². The first-order valence-corrected chi connectivity index (χ1v) is 21.2. The van der Waals surface area contributed by atoms with Crippen LogP contribution in [0.3, 0.4) is 0 Å². The van der Waals surface area contributed by atoms with E-state index in [2.05, 4.69) is 14.5 Å². The number of guanidine groups is 1. The van der Waals surface area contributed by atoms with E-state index in [1.807, 2.05) is 6.92 Å². The molecular formula is C44H57Cl2F6N5O4. The predicted octanol–water partition coefficient (Wildman–Crippen LogP) is 10.3. The number of nitrogens with zero attached hydrogens (tertiary/aromatic N) is 3. The first-order valence-electron chi connectivity index (χ1n) is 20.8. The van der Waals surface area contributed by atoms with E-state index in [9.17, 15) is 35.9 Å². The maximum atomic E-state index is 13.6. The Hall–Kier alpha value is -3.72. The van der Waals surface area contributed by atoms with Gasteiger partial charge in [0.25, 0.3) is 5.91 Å². The molecule has 1 heterocycles. The molecule has 1 unspecified atom stereocenters. The van der Waals surface area contributed by atoms with E-state index in [1.54, 1.807) is 45.3 Å². The number of nitrogens with two attached hydrogens (primary N) is 2. The van der Waals surface area contributed by atoms with Crippen molar-refractivity contribution < 1.29 is 45.4 Å². The van der Waals surface area contributed by atoms with Gasteiger partial charge in [-0.15, -0.1) is 38.7 Å². The predicted molar refractivity (Wildman–Crippen MR) is 224 cm³/mol. The van der Waals surface area contributed by atoms with Gasteiger partial charge in [0.2, 0.25) is 5.24 Å². The molecule has 4 N–H and O–H groups in total. The van der Waals surface area contributed by atoms with Crippen molar-refractivity contribution >= 4 is 47.0 Å². The van der Waals surface area contributed by atoms with E-state index in [0.29, 0.717) is 29.2 Å². The Balaban J connectivity index is 0.000000183. The molecule has 11 rings (SSSR count).